The fourth-order valence-electron chi connectivity index (χ4n) is 3.56. The molecule has 1 aromatic heterocycles. The zero-order valence-corrected chi connectivity index (χ0v) is 17.8. The van der Waals surface area contributed by atoms with E-state index < -0.39 is 16.1 Å². The molecule has 0 unspecified atom stereocenters. The minimum absolute atomic E-state index is 0.157. The van der Waals surface area contributed by atoms with Gasteiger partial charge in [0, 0.05) is 16.8 Å². The molecule has 0 saturated carbocycles. The molecule has 9 heteroatoms. The van der Waals surface area contributed by atoms with E-state index in [2.05, 4.69) is 25.0 Å². The Morgan fingerprint density at radius 2 is 1.81 bits per heavy atom. The second-order valence-electron chi connectivity index (χ2n) is 7.43. The monoisotopic (exact) mass is 445 g/mol. The molecule has 160 valence electrons. The number of aliphatic imine (C=N–C) groups is 1. The quantitative estimate of drug-likeness (QED) is 0.447. The average molecular weight is 446 g/mol. The van der Waals surface area contributed by atoms with E-state index in [4.69, 9.17) is 0 Å². The van der Waals surface area contributed by atoms with Crippen LogP contribution >= 0.6 is 0 Å². The molecule has 1 aliphatic rings. The summed E-state index contributed by atoms with van der Waals surface area (Å²) in [5, 5.41) is 2.84. The summed E-state index contributed by atoms with van der Waals surface area (Å²) in [6.07, 6.45) is 0. The van der Waals surface area contributed by atoms with Crippen LogP contribution in [0.25, 0.3) is 22.4 Å². The molecule has 2 heterocycles. The van der Waals surface area contributed by atoms with Crippen LogP contribution in [0.4, 0.5) is 5.69 Å². The molecule has 0 fully saturated rings. The van der Waals surface area contributed by atoms with Crippen molar-refractivity contribution >= 4 is 38.5 Å². The van der Waals surface area contributed by atoms with Gasteiger partial charge in [-0.1, -0.05) is 36.4 Å². The van der Waals surface area contributed by atoms with Crippen molar-refractivity contribution in [3.8, 4) is 11.4 Å². The van der Waals surface area contributed by atoms with Gasteiger partial charge >= 0.3 is 0 Å². The van der Waals surface area contributed by atoms with Crippen molar-refractivity contribution in [3.05, 3.63) is 78.4 Å². The Bertz CT molecular complexity index is 1460. The van der Waals surface area contributed by atoms with Gasteiger partial charge in [0.2, 0.25) is 5.91 Å². The van der Waals surface area contributed by atoms with Gasteiger partial charge in [-0.25, -0.2) is 13.4 Å². The Morgan fingerprint density at radius 3 is 2.66 bits per heavy atom. The Hall–Kier alpha value is -3.98. The number of amidine groups is 1. The fourth-order valence-corrected chi connectivity index (χ4v) is 4.80. The maximum atomic E-state index is 12.7. The number of hydrogen-bond acceptors (Lipinski definition) is 5. The highest BCUT2D eigenvalue weighted by Gasteiger charge is 2.31. The molecule has 0 spiro atoms. The standard InChI is InChI=1S/C23H19N5O3S/c1-14(24-22-17-9-2-5-12-20(17)32(30,31)28-22)23(29)25-16-8-6-7-15(13-16)21-26-18-10-3-4-11-19(18)27-21/h2-14H,1H3,(H,24,28)(H,25,29)(H,26,27)/t14-/m0/s1. The summed E-state index contributed by atoms with van der Waals surface area (Å²) in [6.45, 7) is 1.61. The number of nitrogens with one attached hydrogen (secondary N) is 3. The lowest BCUT2D eigenvalue weighted by atomic mass is 10.2. The average Bonchev–Trinajstić information content (AvgIpc) is 3.33. The molecule has 0 saturated heterocycles. The summed E-state index contributed by atoms with van der Waals surface area (Å²) in [7, 11) is -3.66. The Kier molecular flexibility index (Phi) is 4.75. The number of rotatable bonds is 4. The summed E-state index contributed by atoms with van der Waals surface area (Å²) < 4.78 is 26.9. The molecule has 8 nitrogen and oxygen atoms in total. The number of anilines is 1. The number of carbonyl (C=O) groups excluding carboxylic acids is 1. The SMILES string of the molecule is C[C@H](N=C1NS(=O)(=O)c2ccccc21)C(=O)Nc1cccc(-c2nc3ccccc3[nH]2)c1. The highest BCUT2D eigenvalue weighted by Crippen LogP contribution is 2.24. The van der Waals surface area contributed by atoms with Crippen molar-refractivity contribution in [2.24, 2.45) is 4.99 Å². The number of sulfonamides is 1. The summed E-state index contributed by atoms with van der Waals surface area (Å²) in [5.41, 5.74) is 3.67. The highest BCUT2D eigenvalue weighted by molar-refractivity contribution is 7.90. The third kappa shape index (κ3) is 3.63. The maximum Gasteiger partial charge on any atom is 0.263 e. The first-order valence-electron chi connectivity index (χ1n) is 9.97. The Morgan fingerprint density at radius 1 is 1.03 bits per heavy atom. The molecule has 3 aromatic carbocycles. The van der Waals surface area contributed by atoms with Crippen LogP contribution in [-0.4, -0.2) is 36.2 Å². The lowest BCUT2D eigenvalue weighted by molar-refractivity contribution is -0.117. The molecule has 1 atom stereocenters. The zero-order valence-electron chi connectivity index (χ0n) is 17.0. The van der Waals surface area contributed by atoms with E-state index >= 15 is 0 Å². The van der Waals surface area contributed by atoms with E-state index in [0.29, 0.717) is 17.1 Å². The topological polar surface area (TPSA) is 116 Å². The van der Waals surface area contributed by atoms with E-state index in [1.165, 1.54) is 6.07 Å². The number of benzene rings is 3. The molecule has 1 amide bonds. The van der Waals surface area contributed by atoms with Crippen molar-refractivity contribution in [2.45, 2.75) is 17.9 Å². The van der Waals surface area contributed by atoms with Crippen LogP contribution in [-0.2, 0) is 14.8 Å². The summed E-state index contributed by atoms with van der Waals surface area (Å²) >= 11 is 0. The van der Waals surface area contributed by atoms with Gasteiger partial charge in [0.05, 0.1) is 15.9 Å². The first-order valence-corrected chi connectivity index (χ1v) is 11.4. The maximum absolute atomic E-state index is 12.7. The first-order chi connectivity index (χ1) is 15.4. The van der Waals surface area contributed by atoms with E-state index in [-0.39, 0.29) is 16.6 Å². The molecular weight excluding hydrogens is 426 g/mol. The van der Waals surface area contributed by atoms with Crippen LogP contribution in [0, 0.1) is 0 Å². The van der Waals surface area contributed by atoms with Crippen LogP contribution in [0.1, 0.15) is 12.5 Å². The van der Waals surface area contributed by atoms with Gasteiger partial charge in [-0.05, 0) is 43.3 Å². The van der Waals surface area contributed by atoms with Gasteiger partial charge in [0.25, 0.3) is 10.0 Å². The third-order valence-electron chi connectivity index (χ3n) is 5.16. The molecule has 0 bridgehead atoms. The molecule has 1 aliphatic heterocycles. The Labute approximate surface area is 184 Å². The third-order valence-corrected chi connectivity index (χ3v) is 6.55. The minimum atomic E-state index is -3.66. The number of aromatic amines is 1. The van der Waals surface area contributed by atoms with Crippen LogP contribution in [0.5, 0.6) is 0 Å². The van der Waals surface area contributed by atoms with Crippen LogP contribution in [0.3, 0.4) is 0 Å². The van der Waals surface area contributed by atoms with E-state index in [0.717, 1.165) is 16.6 Å². The second kappa shape index (κ2) is 7.61. The number of aromatic nitrogens is 2. The highest BCUT2D eigenvalue weighted by atomic mass is 32.2. The zero-order chi connectivity index (χ0) is 22.3. The van der Waals surface area contributed by atoms with Crippen LogP contribution < -0.4 is 10.0 Å². The first kappa shape index (κ1) is 20.0. The smallest absolute Gasteiger partial charge is 0.263 e. The Balaban J connectivity index is 1.36. The molecule has 3 N–H and O–H groups in total. The van der Waals surface area contributed by atoms with Crippen molar-refractivity contribution in [3.63, 3.8) is 0 Å². The largest absolute Gasteiger partial charge is 0.338 e. The molecule has 0 aliphatic carbocycles. The van der Waals surface area contributed by atoms with Gasteiger partial charge in [0.1, 0.15) is 17.7 Å². The molecule has 5 rings (SSSR count). The number of fused-ring (bicyclic) bond motifs is 2. The number of imidazole rings is 1. The molecule has 4 aromatic rings. The van der Waals surface area contributed by atoms with E-state index in [1.54, 1.807) is 31.2 Å². The van der Waals surface area contributed by atoms with Gasteiger partial charge in [-0.2, -0.15) is 0 Å². The van der Waals surface area contributed by atoms with Gasteiger partial charge in [-0.3, -0.25) is 14.5 Å². The summed E-state index contributed by atoms with van der Waals surface area (Å²) in [6, 6.07) is 20.8. The second-order valence-corrected chi connectivity index (χ2v) is 9.08. The van der Waals surface area contributed by atoms with Crippen molar-refractivity contribution in [2.75, 3.05) is 5.32 Å². The number of amides is 1. The number of hydrogen-bond donors (Lipinski definition) is 3. The lowest BCUT2D eigenvalue weighted by Crippen LogP contribution is -2.28. The van der Waals surface area contributed by atoms with Crippen LogP contribution in [0.2, 0.25) is 0 Å². The summed E-state index contributed by atoms with van der Waals surface area (Å²) in [4.78, 5) is 25.1. The van der Waals surface area contributed by atoms with Crippen molar-refractivity contribution in [1.82, 2.24) is 14.7 Å². The fraction of sp³-hybridized carbons (Fsp3) is 0.0870. The minimum Gasteiger partial charge on any atom is -0.338 e. The van der Waals surface area contributed by atoms with E-state index in [9.17, 15) is 13.2 Å². The number of carbonyl (C=O) groups is 1. The van der Waals surface area contributed by atoms with Crippen molar-refractivity contribution in [1.29, 1.82) is 0 Å². The summed E-state index contributed by atoms with van der Waals surface area (Å²) in [5.74, 6) is 0.509. The molecular formula is C23H19N5O3S. The number of para-hydroxylation sites is 2. The van der Waals surface area contributed by atoms with Gasteiger partial charge in [0.15, 0.2) is 0 Å². The normalized spacial score (nSPS) is 16.5. The number of nitrogens with zero attached hydrogens (tertiary/aromatic N) is 2. The predicted molar refractivity (Wildman–Crippen MR) is 123 cm³/mol. The lowest BCUT2D eigenvalue weighted by Gasteiger charge is -2.10. The van der Waals surface area contributed by atoms with Crippen molar-refractivity contribution < 1.29 is 13.2 Å². The molecule has 32 heavy (non-hydrogen) atoms. The van der Waals surface area contributed by atoms with Gasteiger partial charge in [-0.15, -0.1) is 0 Å². The van der Waals surface area contributed by atoms with E-state index in [1.807, 2.05) is 42.5 Å². The number of H-pyrrole nitrogens is 1. The predicted octanol–water partition coefficient (Wildman–Crippen LogP) is 3.30. The van der Waals surface area contributed by atoms with Gasteiger partial charge < -0.3 is 10.3 Å². The molecule has 0 radical (unpaired) electrons. The van der Waals surface area contributed by atoms with Crippen LogP contribution in [0.15, 0.2) is 82.7 Å².